The van der Waals surface area contributed by atoms with Gasteiger partial charge in [0.25, 0.3) is 0 Å². The zero-order valence-electron chi connectivity index (χ0n) is 12.8. The number of thiophene rings is 1. The summed E-state index contributed by atoms with van der Waals surface area (Å²) in [6, 6.07) is 3.80. The second kappa shape index (κ2) is 6.91. The van der Waals surface area contributed by atoms with Crippen LogP contribution >= 0.6 is 11.3 Å². The normalized spacial score (nSPS) is 17.7. The molecule has 122 valence electrons. The molecule has 1 atom stereocenters. The van der Waals surface area contributed by atoms with Crippen LogP contribution in [-0.2, 0) is 16.0 Å². The third kappa shape index (κ3) is 3.95. The van der Waals surface area contributed by atoms with Gasteiger partial charge in [0.05, 0.1) is 10.9 Å². The van der Waals surface area contributed by atoms with Crippen LogP contribution in [0.1, 0.15) is 25.2 Å². The van der Waals surface area contributed by atoms with Crippen molar-refractivity contribution >= 4 is 23.2 Å². The van der Waals surface area contributed by atoms with Crippen molar-refractivity contribution in [2.45, 2.75) is 31.7 Å². The summed E-state index contributed by atoms with van der Waals surface area (Å²) >= 11 is 1.56. The maximum atomic E-state index is 11.9. The minimum atomic E-state index is -0.0752. The molecular formula is C15H18N4O3S. The maximum absolute atomic E-state index is 11.9. The highest BCUT2D eigenvalue weighted by Gasteiger charge is 2.27. The molecule has 1 fully saturated rings. The number of aromatic nitrogens is 2. The van der Waals surface area contributed by atoms with Gasteiger partial charge in [-0.15, -0.1) is 11.3 Å². The second-order valence-corrected chi connectivity index (χ2v) is 6.53. The molecule has 1 saturated heterocycles. The summed E-state index contributed by atoms with van der Waals surface area (Å²) in [5.74, 6) is 1.15. The fourth-order valence-corrected chi connectivity index (χ4v) is 3.17. The van der Waals surface area contributed by atoms with E-state index in [0.29, 0.717) is 43.9 Å². The summed E-state index contributed by atoms with van der Waals surface area (Å²) in [5.41, 5.74) is 0. The monoisotopic (exact) mass is 334 g/mol. The maximum Gasteiger partial charge on any atom is 0.226 e. The van der Waals surface area contributed by atoms with Gasteiger partial charge in [0.15, 0.2) is 0 Å². The van der Waals surface area contributed by atoms with Gasteiger partial charge in [-0.25, -0.2) is 0 Å². The van der Waals surface area contributed by atoms with E-state index in [9.17, 15) is 9.59 Å². The number of nitrogens with one attached hydrogen (secondary N) is 1. The fraction of sp³-hybridized carbons (Fsp3) is 0.467. The molecule has 7 nitrogen and oxygen atoms in total. The third-order valence-corrected chi connectivity index (χ3v) is 4.58. The lowest BCUT2D eigenvalue weighted by molar-refractivity contribution is -0.126. The average Bonchev–Trinajstić information content (AvgIpc) is 3.22. The molecule has 0 bridgehead atoms. The molecule has 1 aliphatic heterocycles. The van der Waals surface area contributed by atoms with Crippen molar-refractivity contribution in [3.05, 3.63) is 23.4 Å². The lowest BCUT2D eigenvalue weighted by Gasteiger charge is -2.11. The number of aryl methyl sites for hydroxylation is 1. The summed E-state index contributed by atoms with van der Waals surface area (Å²) < 4.78 is 5.19. The molecule has 2 aromatic heterocycles. The molecule has 2 aromatic rings. The first kappa shape index (κ1) is 15.7. The SMILES string of the molecule is CN1C[C@@H](NC(=O)CCCc2nc(-c3cccs3)no2)CC1=O. The van der Waals surface area contributed by atoms with E-state index in [1.54, 1.807) is 23.3 Å². The molecule has 8 heteroatoms. The van der Waals surface area contributed by atoms with E-state index in [1.165, 1.54) is 0 Å². The van der Waals surface area contributed by atoms with E-state index in [2.05, 4.69) is 15.5 Å². The van der Waals surface area contributed by atoms with Gasteiger partial charge < -0.3 is 14.7 Å². The van der Waals surface area contributed by atoms with Crippen LogP contribution in [0.15, 0.2) is 22.0 Å². The molecule has 0 spiro atoms. The van der Waals surface area contributed by atoms with Gasteiger partial charge in [-0.1, -0.05) is 11.2 Å². The van der Waals surface area contributed by atoms with E-state index in [0.717, 1.165) is 4.88 Å². The van der Waals surface area contributed by atoms with Crippen molar-refractivity contribution in [2.75, 3.05) is 13.6 Å². The number of hydrogen-bond acceptors (Lipinski definition) is 6. The summed E-state index contributed by atoms with van der Waals surface area (Å²) in [4.78, 5) is 30.2. The lowest BCUT2D eigenvalue weighted by Crippen LogP contribution is -2.36. The molecule has 0 unspecified atom stereocenters. The molecule has 3 rings (SSSR count). The number of rotatable bonds is 6. The summed E-state index contributed by atoms with van der Waals surface area (Å²) in [6.07, 6.45) is 1.96. The zero-order chi connectivity index (χ0) is 16.2. The van der Waals surface area contributed by atoms with Gasteiger partial charge in [0.2, 0.25) is 23.5 Å². The van der Waals surface area contributed by atoms with E-state index in [1.807, 2.05) is 17.5 Å². The Bertz CT molecular complexity index is 683. The van der Waals surface area contributed by atoms with E-state index >= 15 is 0 Å². The average molecular weight is 334 g/mol. The standard InChI is InChI=1S/C15H18N4O3S/c1-19-9-10(8-14(19)21)16-12(20)5-2-6-13-17-15(18-22-13)11-4-3-7-23-11/h3-4,7,10H,2,5-6,8-9H2,1H3,(H,16,20)/t10-/m0/s1. The van der Waals surface area contributed by atoms with Crippen LogP contribution in [0.2, 0.25) is 0 Å². The van der Waals surface area contributed by atoms with Crippen molar-refractivity contribution in [1.29, 1.82) is 0 Å². The van der Waals surface area contributed by atoms with Crippen molar-refractivity contribution in [3.63, 3.8) is 0 Å². The van der Waals surface area contributed by atoms with Gasteiger partial charge in [-0.05, 0) is 17.9 Å². The second-order valence-electron chi connectivity index (χ2n) is 5.59. The van der Waals surface area contributed by atoms with E-state index in [-0.39, 0.29) is 17.9 Å². The molecule has 0 radical (unpaired) electrons. The highest BCUT2D eigenvalue weighted by Crippen LogP contribution is 2.21. The Morgan fingerprint density at radius 1 is 1.57 bits per heavy atom. The summed E-state index contributed by atoms with van der Waals surface area (Å²) in [7, 11) is 1.75. The molecule has 0 aliphatic carbocycles. The van der Waals surface area contributed by atoms with E-state index in [4.69, 9.17) is 4.52 Å². The highest BCUT2D eigenvalue weighted by molar-refractivity contribution is 7.13. The number of carbonyl (C=O) groups excluding carboxylic acids is 2. The number of nitrogens with zero attached hydrogens (tertiary/aromatic N) is 3. The van der Waals surface area contributed by atoms with Crippen molar-refractivity contribution in [1.82, 2.24) is 20.4 Å². The first-order valence-electron chi connectivity index (χ1n) is 7.51. The molecular weight excluding hydrogens is 316 g/mol. The van der Waals surface area contributed by atoms with Crippen LogP contribution in [-0.4, -0.2) is 46.5 Å². The number of carbonyl (C=O) groups is 2. The smallest absolute Gasteiger partial charge is 0.226 e. The van der Waals surface area contributed by atoms with Crippen molar-refractivity contribution < 1.29 is 14.1 Å². The zero-order valence-corrected chi connectivity index (χ0v) is 13.6. The van der Waals surface area contributed by atoms with Crippen LogP contribution in [0.3, 0.4) is 0 Å². The molecule has 1 aliphatic rings. The van der Waals surface area contributed by atoms with Crippen LogP contribution in [0.4, 0.5) is 0 Å². The Hall–Kier alpha value is -2.22. The minimum Gasteiger partial charge on any atom is -0.351 e. The van der Waals surface area contributed by atoms with Gasteiger partial charge >= 0.3 is 0 Å². The third-order valence-electron chi connectivity index (χ3n) is 3.71. The van der Waals surface area contributed by atoms with Gasteiger partial charge in [-0.2, -0.15) is 4.98 Å². The Balaban J connectivity index is 1.41. The van der Waals surface area contributed by atoms with Crippen LogP contribution in [0.25, 0.3) is 10.7 Å². The first-order chi connectivity index (χ1) is 11.1. The van der Waals surface area contributed by atoms with E-state index < -0.39 is 0 Å². The Kier molecular flexibility index (Phi) is 4.71. The quantitative estimate of drug-likeness (QED) is 0.864. The minimum absolute atomic E-state index is 0.0453. The number of hydrogen-bond donors (Lipinski definition) is 1. The van der Waals surface area contributed by atoms with Gasteiger partial charge in [0.1, 0.15) is 0 Å². The van der Waals surface area contributed by atoms with Crippen molar-refractivity contribution in [2.24, 2.45) is 0 Å². The molecule has 0 saturated carbocycles. The largest absolute Gasteiger partial charge is 0.351 e. The first-order valence-corrected chi connectivity index (χ1v) is 8.39. The highest BCUT2D eigenvalue weighted by atomic mass is 32.1. The van der Waals surface area contributed by atoms with Gasteiger partial charge in [-0.3, -0.25) is 9.59 Å². The topological polar surface area (TPSA) is 88.3 Å². The predicted molar refractivity (Wildman–Crippen MR) is 84.7 cm³/mol. The van der Waals surface area contributed by atoms with Crippen LogP contribution < -0.4 is 5.32 Å². The Labute approximate surface area is 137 Å². The number of amides is 2. The Morgan fingerprint density at radius 3 is 3.13 bits per heavy atom. The van der Waals surface area contributed by atoms with Crippen LogP contribution in [0.5, 0.6) is 0 Å². The summed E-state index contributed by atoms with van der Waals surface area (Å²) in [5, 5.41) is 8.78. The molecule has 23 heavy (non-hydrogen) atoms. The van der Waals surface area contributed by atoms with Crippen molar-refractivity contribution in [3.8, 4) is 10.7 Å². The molecule has 0 aromatic carbocycles. The lowest BCUT2D eigenvalue weighted by atomic mass is 10.2. The predicted octanol–water partition coefficient (Wildman–Crippen LogP) is 1.47. The Morgan fingerprint density at radius 2 is 2.43 bits per heavy atom. The number of likely N-dealkylation sites (N-methyl/N-ethyl adjacent to an activating group) is 1. The molecule has 3 heterocycles. The fourth-order valence-electron chi connectivity index (χ4n) is 2.52. The van der Waals surface area contributed by atoms with Gasteiger partial charge in [0, 0.05) is 32.9 Å². The van der Waals surface area contributed by atoms with Crippen LogP contribution in [0, 0.1) is 0 Å². The molecule has 2 amide bonds. The number of likely N-dealkylation sites (tertiary alicyclic amines) is 1. The summed E-state index contributed by atoms with van der Waals surface area (Å²) in [6.45, 7) is 0.582. The molecule has 1 N–H and O–H groups in total.